The number of fused-ring (bicyclic) bond motifs is 3. The Kier molecular flexibility index (Phi) is 2.29. The van der Waals surface area contributed by atoms with Crippen molar-refractivity contribution in [3.63, 3.8) is 0 Å². The predicted molar refractivity (Wildman–Crippen MR) is 70.8 cm³/mol. The van der Waals surface area contributed by atoms with E-state index in [4.69, 9.17) is 12.6 Å². The Morgan fingerprint density at radius 3 is 1.75 bits per heavy atom. The molecule has 0 N–H and O–H groups in total. The Labute approximate surface area is 102 Å². The van der Waals surface area contributed by atoms with Crippen molar-refractivity contribution in [1.29, 1.82) is 0 Å². The molecule has 0 aliphatic heterocycles. The first-order valence-electron chi connectivity index (χ1n) is 5.63. The highest BCUT2D eigenvalue weighted by Gasteiger charge is 2.30. The molecule has 0 amide bonds. The molecule has 0 spiro atoms. The lowest BCUT2D eigenvalue weighted by atomic mass is 9.94. The van der Waals surface area contributed by atoms with Crippen molar-refractivity contribution in [3.8, 4) is 11.1 Å². The number of hydrogen-bond donors (Lipinski definition) is 0. The van der Waals surface area contributed by atoms with Gasteiger partial charge in [-0.2, -0.15) is 0 Å². The van der Waals surface area contributed by atoms with E-state index in [1.165, 1.54) is 22.3 Å². The molecule has 0 aromatic heterocycles. The summed E-state index contributed by atoms with van der Waals surface area (Å²) in [6, 6.07) is 17.2. The minimum absolute atomic E-state index is 0.241. The van der Waals surface area contributed by atoms with Crippen molar-refractivity contribution in [1.82, 2.24) is 0 Å². The Hall–Kier alpha value is -1.21. The highest BCUT2D eigenvalue weighted by Crippen LogP contribution is 2.46. The van der Waals surface area contributed by atoms with Crippen LogP contribution in [-0.4, -0.2) is 5.25 Å². The van der Waals surface area contributed by atoms with Crippen molar-refractivity contribution in [2.45, 2.75) is 18.1 Å². The van der Waals surface area contributed by atoms with E-state index >= 15 is 0 Å². The number of benzene rings is 2. The van der Waals surface area contributed by atoms with Gasteiger partial charge in [0.05, 0.1) is 0 Å². The van der Waals surface area contributed by atoms with Crippen LogP contribution in [-0.2, 0) is 0 Å². The number of rotatable bonds is 1. The van der Waals surface area contributed by atoms with Gasteiger partial charge in [0, 0.05) is 11.2 Å². The normalized spacial score (nSPS) is 15.6. The maximum Gasteiger partial charge on any atom is 0.0233 e. The van der Waals surface area contributed by atoms with Crippen molar-refractivity contribution in [2.24, 2.45) is 0 Å². The molecule has 0 saturated heterocycles. The second kappa shape index (κ2) is 3.67. The van der Waals surface area contributed by atoms with Gasteiger partial charge in [-0.3, -0.25) is 0 Å². The summed E-state index contributed by atoms with van der Waals surface area (Å²) in [6.07, 6.45) is 0. The van der Waals surface area contributed by atoms with Crippen molar-refractivity contribution in [2.75, 3.05) is 0 Å². The SMILES string of the molecule is CC([S])C1c2ccccc2-c2ccccc21. The van der Waals surface area contributed by atoms with Crippen LogP contribution in [0.1, 0.15) is 24.0 Å². The molecule has 79 valence electrons. The molecule has 1 aliphatic rings. The second-order valence-corrected chi connectivity index (χ2v) is 5.10. The van der Waals surface area contributed by atoms with Crippen molar-refractivity contribution in [3.05, 3.63) is 59.7 Å². The molecule has 1 unspecified atom stereocenters. The zero-order valence-electron chi connectivity index (χ0n) is 9.18. The van der Waals surface area contributed by atoms with Crippen LogP contribution in [0.4, 0.5) is 0 Å². The van der Waals surface area contributed by atoms with E-state index in [1.54, 1.807) is 0 Å². The molecule has 2 aromatic carbocycles. The van der Waals surface area contributed by atoms with Crippen LogP contribution in [0.2, 0.25) is 0 Å². The third-order valence-corrected chi connectivity index (χ3v) is 3.62. The molecular formula is C15H13S. The topological polar surface area (TPSA) is 0 Å². The fourth-order valence-corrected chi connectivity index (χ4v) is 2.99. The van der Waals surface area contributed by atoms with E-state index in [0.29, 0.717) is 5.92 Å². The summed E-state index contributed by atoms with van der Waals surface area (Å²) in [5.41, 5.74) is 5.51. The standard InChI is InChI=1S/C15H13S/c1-10(16)15-13-8-4-2-6-11(13)12-7-3-5-9-14(12)15/h2-10,15H,1H3. The monoisotopic (exact) mass is 225 g/mol. The lowest BCUT2D eigenvalue weighted by Crippen LogP contribution is -2.07. The maximum absolute atomic E-state index is 5.49. The van der Waals surface area contributed by atoms with Gasteiger partial charge < -0.3 is 0 Å². The molecule has 1 heteroatoms. The second-order valence-electron chi connectivity index (χ2n) is 4.36. The van der Waals surface area contributed by atoms with Gasteiger partial charge in [-0.1, -0.05) is 68.1 Å². The van der Waals surface area contributed by atoms with Crippen LogP contribution in [0.5, 0.6) is 0 Å². The lowest BCUT2D eigenvalue weighted by molar-refractivity contribution is 0.822. The van der Waals surface area contributed by atoms with Gasteiger partial charge in [-0.25, -0.2) is 0 Å². The summed E-state index contributed by atoms with van der Waals surface area (Å²) in [4.78, 5) is 0. The molecule has 0 saturated carbocycles. The minimum Gasteiger partial charge on any atom is -0.0897 e. The largest absolute Gasteiger partial charge is 0.0897 e. The average Bonchev–Trinajstić information content (AvgIpc) is 2.63. The summed E-state index contributed by atoms with van der Waals surface area (Å²) >= 11 is 5.49. The predicted octanol–water partition coefficient (Wildman–Crippen LogP) is 4.38. The molecular weight excluding hydrogens is 212 g/mol. The Morgan fingerprint density at radius 1 is 0.875 bits per heavy atom. The molecule has 1 aliphatic carbocycles. The highest BCUT2D eigenvalue weighted by atomic mass is 32.1. The Bertz CT molecular complexity index is 483. The van der Waals surface area contributed by atoms with Gasteiger partial charge in [0.15, 0.2) is 0 Å². The summed E-state index contributed by atoms with van der Waals surface area (Å²) in [5.74, 6) is 0.391. The first-order chi connectivity index (χ1) is 7.79. The van der Waals surface area contributed by atoms with E-state index in [-0.39, 0.29) is 5.25 Å². The maximum atomic E-state index is 5.49. The molecule has 0 fully saturated rings. The highest BCUT2D eigenvalue weighted by molar-refractivity contribution is 7.81. The lowest BCUT2D eigenvalue weighted by Gasteiger charge is -2.15. The van der Waals surface area contributed by atoms with Crippen LogP contribution in [0, 0.1) is 0 Å². The summed E-state index contributed by atoms with van der Waals surface area (Å²) in [5, 5.41) is 0.241. The molecule has 0 bridgehead atoms. The molecule has 2 aromatic rings. The number of hydrogen-bond acceptors (Lipinski definition) is 0. The van der Waals surface area contributed by atoms with Crippen molar-refractivity contribution < 1.29 is 0 Å². The van der Waals surface area contributed by atoms with E-state index in [9.17, 15) is 0 Å². The van der Waals surface area contributed by atoms with E-state index < -0.39 is 0 Å². The van der Waals surface area contributed by atoms with E-state index in [0.717, 1.165) is 0 Å². The smallest absolute Gasteiger partial charge is 0.0233 e. The Morgan fingerprint density at radius 2 is 1.31 bits per heavy atom. The third kappa shape index (κ3) is 1.31. The summed E-state index contributed by atoms with van der Waals surface area (Å²) in [7, 11) is 0. The van der Waals surface area contributed by atoms with Gasteiger partial charge in [0.25, 0.3) is 0 Å². The molecule has 3 rings (SSSR count). The van der Waals surface area contributed by atoms with Gasteiger partial charge in [0.1, 0.15) is 0 Å². The van der Waals surface area contributed by atoms with Crippen LogP contribution < -0.4 is 0 Å². The summed E-state index contributed by atoms with van der Waals surface area (Å²) in [6.45, 7) is 2.12. The molecule has 0 nitrogen and oxygen atoms in total. The van der Waals surface area contributed by atoms with E-state index in [2.05, 4.69) is 55.5 Å². The zero-order chi connectivity index (χ0) is 11.1. The van der Waals surface area contributed by atoms with Gasteiger partial charge in [-0.15, -0.1) is 0 Å². The van der Waals surface area contributed by atoms with Gasteiger partial charge in [-0.05, 0) is 22.3 Å². The fraction of sp³-hybridized carbons (Fsp3) is 0.200. The van der Waals surface area contributed by atoms with E-state index in [1.807, 2.05) is 0 Å². The van der Waals surface area contributed by atoms with Crippen LogP contribution in [0.3, 0.4) is 0 Å². The molecule has 1 radical (unpaired) electrons. The average molecular weight is 225 g/mol. The zero-order valence-corrected chi connectivity index (χ0v) is 10.00. The Balaban J connectivity index is 2.30. The third-order valence-electron chi connectivity index (χ3n) is 3.35. The van der Waals surface area contributed by atoms with Gasteiger partial charge in [0.2, 0.25) is 0 Å². The summed E-state index contributed by atoms with van der Waals surface area (Å²) < 4.78 is 0. The van der Waals surface area contributed by atoms with Crippen LogP contribution in [0.25, 0.3) is 11.1 Å². The quantitative estimate of drug-likeness (QED) is 0.675. The first-order valence-corrected chi connectivity index (χ1v) is 6.10. The van der Waals surface area contributed by atoms with Crippen LogP contribution >= 0.6 is 12.6 Å². The van der Waals surface area contributed by atoms with Crippen molar-refractivity contribution >= 4 is 12.6 Å². The minimum atomic E-state index is 0.241. The van der Waals surface area contributed by atoms with Gasteiger partial charge >= 0.3 is 0 Å². The molecule has 0 heterocycles. The fourth-order valence-electron chi connectivity index (χ4n) is 2.70. The van der Waals surface area contributed by atoms with Crippen LogP contribution in [0.15, 0.2) is 48.5 Å². The molecule has 1 atom stereocenters. The first kappa shape index (κ1) is 9.98. The molecule has 16 heavy (non-hydrogen) atoms.